The molecule has 2 aromatic rings. The van der Waals surface area contributed by atoms with E-state index in [4.69, 9.17) is 0 Å². The third-order valence-electron chi connectivity index (χ3n) is 4.08. The first-order valence-electron chi connectivity index (χ1n) is 6.29. The molecule has 8 heteroatoms. The Morgan fingerprint density at radius 3 is 2.84 bits per heavy atom. The molecule has 2 aliphatic heterocycles. The summed E-state index contributed by atoms with van der Waals surface area (Å²) in [5.74, 6) is 1.83. The molecule has 0 saturated carbocycles. The number of thiazole rings is 1. The van der Waals surface area contributed by atoms with Gasteiger partial charge in [0.05, 0.1) is 0 Å². The van der Waals surface area contributed by atoms with E-state index in [1.165, 1.54) is 11.3 Å². The van der Waals surface area contributed by atoms with Gasteiger partial charge < -0.3 is 20.3 Å². The molecule has 4 rings (SSSR count). The largest absolute Gasteiger partial charge is 0.373 e. The van der Waals surface area contributed by atoms with E-state index in [-0.39, 0.29) is 10.7 Å². The van der Waals surface area contributed by atoms with Gasteiger partial charge in [0.2, 0.25) is 5.82 Å². The molecule has 0 bridgehead atoms. The number of imidazole rings is 1. The second-order valence-electron chi connectivity index (χ2n) is 5.16. The van der Waals surface area contributed by atoms with E-state index < -0.39 is 0 Å². The minimum atomic E-state index is -0.325. The molecule has 2 aromatic heterocycles. The molecule has 100 valence electrons. The number of hydrogen-bond donors (Lipinski definition) is 1. The van der Waals surface area contributed by atoms with E-state index in [1.807, 2.05) is 5.38 Å². The molecule has 4 heterocycles. The number of rotatable bonds is 2. The lowest BCUT2D eigenvalue weighted by Crippen LogP contribution is -2.26. The zero-order chi connectivity index (χ0) is 13.0. The van der Waals surface area contributed by atoms with Crippen LogP contribution in [-0.2, 0) is 0 Å². The second kappa shape index (κ2) is 3.91. The van der Waals surface area contributed by atoms with Crippen molar-refractivity contribution in [2.45, 2.75) is 0 Å². The first kappa shape index (κ1) is 11.2. The highest BCUT2D eigenvalue weighted by molar-refractivity contribution is 7.15. The molecule has 0 aliphatic carbocycles. The van der Waals surface area contributed by atoms with Gasteiger partial charge in [-0.05, 0) is 16.8 Å². The third kappa shape index (κ3) is 1.56. The van der Waals surface area contributed by atoms with Gasteiger partial charge in [0.15, 0.2) is 0 Å². The lowest BCUT2D eigenvalue weighted by Gasteiger charge is -2.15. The topological polar surface area (TPSA) is 75.7 Å². The SMILES string of the molecule is O=[N+]([O-])c1c(N2C[C@H]3CNC[C@H]3C2)nc2sccn12. The van der Waals surface area contributed by atoms with Gasteiger partial charge >= 0.3 is 5.82 Å². The highest BCUT2D eigenvalue weighted by atomic mass is 32.1. The van der Waals surface area contributed by atoms with E-state index >= 15 is 0 Å². The molecule has 2 aliphatic rings. The van der Waals surface area contributed by atoms with Gasteiger partial charge in [0.1, 0.15) is 6.20 Å². The van der Waals surface area contributed by atoms with E-state index in [1.54, 1.807) is 10.6 Å². The molecule has 2 saturated heterocycles. The standard InChI is InChI=1S/C11H13N5O2S/c17-16(18)10-9(13-11-15(10)1-2-19-11)14-5-7-3-12-4-8(7)6-14/h1-2,7-8,12H,3-6H2/t7-,8+. The maximum absolute atomic E-state index is 11.3. The molecule has 0 spiro atoms. The maximum Gasteiger partial charge on any atom is 0.373 e. The maximum atomic E-state index is 11.3. The van der Waals surface area contributed by atoms with Crippen LogP contribution in [0.3, 0.4) is 0 Å². The first-order valence-corrected chi connectivity index (χ1v) is 7.17. The van der Waals surface area contributed by atoms with Crippen LogP contribution in [0.25, 0.3) is 4.96 Å². The van der Waals surface area contributed by atoms with Crippen molar-refractivity contribution < 1.29 is 4.92 Å². The molecule has 2 atom stereocenters. The van der Waals surface area contributed by atoms with E-state index in [0.717, 1.165) is 26.2 Å². The molecule has 0 radical (unpaired) electrons. The van der Waals surface area contributed by atoms with Gasteiger partial charge in [-0.1, -0.05) is 11.3 Å². The summed E-state index contributed by atoms with van der Waals surface area (Å²) in [6.45, 7) is 3.75. The predicted molar refractivity (Wildman–Crippen MR) is 71.8 cm³/mol. The van der Waals surface area contributed by atoms with Gasteiger partial charge in [0, 0.05) is 31.6 Å². The fourth-order valence-corrected chi connectivity index (χ4v) is 3.88. The molecular formula is C11H13N5O2S. The summed E-state index contributed by atoms with van der Waals surface area (Å²) in [5.41, 5.74) is 0. The Balaban J connectivity index is 1.76. The normalized spacial score (nSPS) is 26.2. The average Bonchev–Trinajstić information content (AvgIpc) is 3.05. The van der Waals surface area contributed by atoms with Crippen LogP contribution in [0, 0.1) is 22.0 Å². The number of aromatic nitrogens is 2. The van der Waals surface area contributed by atoms with Crippen LogP contribution in [-0.4, -0.2) is 40.5 Å². The monoisotopic (exact) mass is 279 g/mol. The Morgan fingerprint density at radius 1 is 1.42 bits per heavy atom. The van der Waals surface area contributed by atoms with E-state index in [0.29, 0.717) is 22.6 Å². The molecule has 0 amide bonds. The first-order chi connectivity index (χ1) is 9.24. The lowest BCUT2D eigenvalue weighted by molar-refractivity contribution is -0.389. The van der Waals surface area contributed by atoms with Crippen LogP contribution in [0.15, 0.2) is 11.6 Å². The summed E-state index contributed by atoms with van der Waals surface area (Å²) in [6.07, 6.45) is 1.72. The van der Waals surface area contributed by atoms with Crippen molar-refractivity contribution in [3.05, 3.63) is 21.7 Å². The van der Waals surface area contributed by atoms with Crippen LogP contribution >= 0.6 is 11.3 Å². The molecule has 0 aromatic carbocycles. The van der Waals surface area contributed by atoms with Crippen LogP contribution < -0.4 is 10.2 Å². The fourth-order valence-electron chi connectivity index (χ4n) is 3.17. The smallest absolute Gasteiger partial charge is 0.358 e. The molecule has 2 fully saturated rings. The zero-order valence-corrected chi connectivity index (χ0v) is 11.0. The van der Waals surface area contributed by atoms with Crippen molar-refractivity contribution in [1.29, 1.82) is 0 Å². The van der Waals surface area contributed by atoms with Crippen molar-refractivity contribution >= 4 is 27.9 Å². The number of hydrogen-bond acceptors (Lipinski definition) is 6. The fraction of sp³-hybridized carbons (Fsp3) is 0.545. The molecule has 19 heavy (non-hydrogen) atoms. The summed E-state index contributed by atoms with van der Waals surface area (Å²) in [7, 11) is 0. The van der Waals surface area contributed by atoms with Gasteiger partial charge in [-0.15, -0.1) is 0 Å². The Morgan fingerprint density at radius 2 is 2.16 bits per heavy atom. The van der Waals surface area contributed by atoms with Gasteiger partial charge in [-0.2, -0.15) is 9.38 Å². The van der Waals surface area contributed by atoms with E-state index in [9.17, 15) is 10.1 Å². The summed E-state index contributed by atoms with van der Waals surface area (Å²) in [6, 6.07) is 0. The Bertz CT molecular complexity index is 639. The van der Waals surface area contributed by atoms with Crippen LogP contribution in [0.1, 0.15) is 0 Å². The van der Waals surface area contributed by atoms with Crippen LogP contribution in [0.4, 0.5) is 11.6 Å². The summed E-state index contributed by atoms with van der Waals surface area (Å²) in [5, 5.41) is 16.5. The molecule has 0 unspecified atom stereocenters. The summed E-state index contributed by atoms with van der Waals surface area (Å²) in [4.78, 5) is 18.2. The number of nitrogens with one attached hydrogen (secondary N) is 1. The van der Waals surface area contributed by atoms with Crippen molar-refractivity contribution in [2.24, 2.45) is 11.8 Å². The Labute approximate surface area is 113 Å². The Hall–Kier alpha value is -1.67. The number of fused-ring (bicyclic) bond motifs is 2. The zero-order valence-electron chi connectivity index (χ0n) is 10.2. The van der Waals surface area contributed by atoms with Crippen molar-refractivity contribution in [3.8, 4) is 0 Å². The third-order valence-corrected chi connectivity index (χ3v) is 4.84. The molecular weight excluding hydrogens is 266 g/mol. The Kier molecular flexibility index (Phi) is 2.30. The predicted octanol–water partition coefficient (Wildman–Crippen LogP) is 0.960. The van der Waals surface area contributed by atoms with E-state index in [2.05, 4.69) is 15.2 Å². The second-order valence-corrected chi connectivity index (χ2v) is 6.03. The van der Waals surface area contributed by atoms with Crippen LogP contribution in [0.5, 0.6) is 0 Å². The minimum Gasteiger partial charge on any atom is -0.358 e. The average molecular weight is 279 g/mol. The molecule has 7 nitrogen and oxygen atoms in total. The number of anilines is 1. The summed E-state index contributed by atoms with van der Waals surface area (Å²) < 4.78 is 1.58. The van der Waals surface area contributed by atoms with Crippen LogP contribution in [0.2, 0.25) is 0 Å². The quantitative estimate of drug-likeness (QED) is 0.654. The number of nitro groups is 1. The summed E-state index contributed by atoms with van der Waals surface area (Å²) >= 11 is 1.43. The van der Waals surface area contributed by atoms with Gasteiger partial charge in [-0.25, -0.2) is 0 Å². The highest BCUT2D eigenvalue weighted by Crippen LogP contribution is 2.36. The minimum absolute atomic E-state index is 0.101. The van der Waals surface area contributed by atoms with Gasteiger partial charge in [0.25, 0.3) is 4.96 Å². The number of nitrogens with zero attached hydrogens (tertiary/aromatic N) is 4. The van der Waals surface area contributed by atoms with Crippen molar-refractivity contribution in [3.63, 3.8) is 0 Å². The lowest BCUT2D eigenvalue weighted by atomic mass is 10.0. The highest BCUT2D eigenvalue weighted by Gasteiger charge is 2.40. The van der Waals surface area contributed by atoms with Crippen molar-refractivity contribution in [2.75, 3.05) is 31.1 Å². The van der Waals surface area contributed by atoms with Crippen molar-refractivity contribution in [1.82, 2.24) is 14.7 Å². The van der Waals surface area contributed by atoms with Gasteiger partial charge in [-0.3, -0.25) is 0 Å². The molecule has 1 N–H and O–H groups in total.